The minimum absolute atomic E-state index is 0.195. The molecule has 0 amide bonds. The van der Waals surface area contributed by atoms with Gasteiger partial charge in [-0.05, 0) is 75.5 Å². The van der Waals surface area contributed by atoms with Crippen molar-refractivity contribution in [2.45, 2.75) is 38.0 Å². The van der Waals surface area contributed by atoms with E-state index in [0.29, 0.717) is 12.3 Å². The van der Waals surface area contributed by atoms with Crippen molar-refractivity contribution >= 4 is 16.9 Å². The zero-order chi connectivity index (χ0) is 16.4. The van der Waals surface area contributed by atoms with Gasteiger partial charge in [0.1, 0.15) is 0 Å². The molecule has 5 heteroatoms. The fourth-order valence-corrected chi connectivity index (χ4v) is 4.10. The number of pyridine rings is 1. The van der Waals surface area contributed by atoms with Gasteiger partial charge in [0.15, 0.2) is 0 Å². The monoisotopic (exact) mass is 326 g/mol. The normalized spacial score (nSPS) is 20.0. The van der Waals surface area contributed by atoms with Gasteiger partial charge in [0.2, 0.25) is 5.91 Å². The van der Waals surface area contributed by atoms with Crippen LogP contribution in [-0.2, 0) is 0 Å². The van der Waals surface area contributed by atoms with Crippen molar-refractivity contribution in [3.8, 4) is 0 Å². The third kappa shape index (κ3) is 3.10. The lowest BCUT2D eigenvalue weighted by Gasteiger charge is -2.21. The van der Waals surface area contributed by atoms with Crippen LogP contribution in [0.5, 0.6) is 0 Å². The molecule has 0 atom stereocenters. The first-order chi connectivity index (χ1) is 11.8. The molecule has 2 aliphatic rings. The van der Waals surface area contributed by atoms with E-state index < -0.39 is 0 Å². The zero-order valence-corrected chi connectivity index (χ0v) is 14.2. The molecular weight excluding hydrogens is 300 g/mol. The number of carbonyl (C=O) groups excluding carboxylic acids is 1. The van der Waals surface area contributed by atoms with E-state index in [1.807, 2.05) is 22.9 Å². The Labute approximate surface area is 143 Å². The largest absolute Gasteiger partial charge is 0.317 e. The molecule has 2 aliphatic heterocycles. The van der Waals surface area contributed by atoms with Gasteiger partial charge >= 0.3 is 0 Å². The van der Waals surface area contributed by atoms with Gasteiger partial charge in [-0.25, -0.2) is 0 Å². The molecule has 24 heavy (non-hydrogen) atoms. The summed E-state index contributed by atoms with van der Waals surface area (Å²) >= 11 is 0. The summed E-state index contributed by atoms with van der Waals surface area (Å²) in [4.78, 5) is 19.8. The number of hydrogen-bond acceptors (Lipinski definition) is 4. The molecule has 5 nitrogen and oxygen atoms in total. The van der Waals surface area contributed by atoms with Gasteiger partial charge in [-0.2, -0.15) is 0 Å². The molecule has 4 heterocycles. The second-order valence-electron chi connectivity index (χ2n) is 7.04. The molecule has 0 radical (unpaired) electrons. The molecule has 2 saturated heterocycles. The standard InChI is InChI=1S/C19H26N4O/c24-18(7-13-22-11-1-2-12-22)23-14-16(15-5-9-20-10-6-15)19-17(23)4-3-8-21-19/h3-4,8,14-15,20H,1-2,5-7,9-13H2. The number of hydrogen-bond donors (Lipinski definition) is 1. The predicted molar refractivity (Wildman–Crippen MR) is 95.5 cm³/mol. The Morgan fingerprint density at radius 3 is 2.83 bits per heavy atom. The molecule has 0 unspecified atom stereocenters. The number of piperidine rings is 1. The number of fused-ring (bicyclic) bond motifs is 1. The van der Waals surface area contributed by atoms with Crippen molar-refractivity contribution in [3.05, 3.63) is 30.1 Å². The molecule has 128 valence electrons. The summed E-state index contributed by atoms with van der Waals surface area (Å²) in [6, 6.07) is 3.96. The zero-order valence-electron chi connectivity index (χ0n) is 14.2. The van der Waals surface area contributed by atoms with Gasteiger partial charge in [-0.1, -0.05) is 0 Å². The van der Waals surface area contributed by atoms with Crippen molar-refractivity contribution in [2.75, 3.05) is 32.7 Å². The summed E-state index contributed by atoms with van der Waals surface area (Å²) in [5.41, 5.74) is 3.23. The predicted octanol–water partition coefficient (Wildman–Crippen LogP) is 2.63. The van der Waals surface area contributed by atoms with Crippen molar-refractivity contribution in [1.82, 2.24) is 19.8 Å². The lowest BCUT2D eigenvalue weighted by molar-refractivity contribution is 0.0893. The van der Waals surface area contributed by atoms with Gasteiger partial charge < -0.3 is 10.2 Å². The first kappa shape index (κ1) is 15.8. The minimum Gasteiger partial charge on any atom is -0.317 e. The summed E-state index contributed by atoms with van der Waals surface area (Å²) in [5.74, 6) is 0.705. The molecule has 2 fully saturated rings. The van der Waals surface area contributed by atoms with E-state index in [1.54, 1.807) is 0 Å². The summed E-state index contributed by atoms with van der Waals surface area (Å²) in [6.45, 7) is 5.25. The quantitative estimate of drug-likeness (QED) is 0.938. The Morgan fingerprint density at radius 2 is 2.04 bits per heavy atom. The fourth-order valence-electron chi connectivity index (χ4n) is 4.10. The van der Waals surface area contributed by atoms with E-state index in [-0.39, 0.29) is 5.91 Å². The summed E-state index contributed by atoms with van der Waals surface area (Å²) in [6.07, 6.45) is 9.28. The molecule has 4 rings (SSSR count). The van der Waals surface area contributed by atoms with Gasteiger partial charge in [0, 0.05) is 25.4 Å². The number of nitrogens with one attached hydrogen (secondary N) is 1. The van der Waals surface area contributed by atoms with Crippen LogP contribution in [-0.4, -0.2) is 53.1 Å². The maximum Gasteiger partial charge on any atom is 0.232 e. The Balaban J connectivity index is 1.58. The Morgan fingerprint density at radius 1 is 1.25 bits per heavy atom. The first-order valence-electron chi connectivity index (χ1n) is 9.25. The summed E-state index contributed by atoms with van der Waals surface area (Å²) < 4.78 is 1.86. The van der Waals surface area contributed by atoms with Crippen LogP contribution < -0.4 is 5.32 Å². The second kappa shape index (κ2) is 7.03. The number of rotatable bonds is 4. The van der Waals surface area contributed by atoms with Crippen molar-refractivity contribution in [1.29, 1.82) is 0 Å². The molecular formula is C19H26N4O. The first-order valence-corrected chi connectivity index (χ1v) is 9.25. The molecule has 0 aliphatic carbocycles. The maximum absolute atomic E-state index is 12.8. The molecule has 0 bridgehead atoms. The summed E-state index contributed by atoms with van der Waals surface area (Å²) in [7, 11) is 0. The van der Waals surface area contributed by atoms with Crippen molar-refractivity contribution in [3.63, 3.8) is 0 Å². The van der Waals surface area contributed by atoms with E-state index >= 15 is 0 Å². The van der Waals surface area contributed by atoms with Crippen LogP contribution in [0.25, 0.3) is 11.0 Å². The van der Waals surface area contributed by atoms with E-state index in [2.05, 4.69) is 21.4 Å². The van der Waals surface area contributed by atoms with Crippen molar-refractivity contribution < 1.29 is 4.79 Å². The SMILES string of the molecule is O=C(CCN1CCCC1)n1cc(C2CCNCC2)c2ncccc21. The molecule has 0 aromatic carbocycles. The third-order valence-corrected chi connectivity index (χ3v) is 5.48. The number of nitrogens with zero attached hydrogens (tertiary/aromatic N) is 3. The van der Waals surface area contributed by atoms with E-state index in [4.69, 9.17) is 0 Å². The van der Waals surface area contributed by atoms with Crippen molar-refractivity contribution in [2.24, 2.45) is 0 Å². The van der Waals surface area contributed by atoms with Gasteiger partial charge in [-0.3, -0.25) is 14.3 Å². The van der Waals surface area contributed by atoms with Crippen LogP contribution in [0.15, 0.2) is 24.5 Å². The van der Waals surface area contributed by atoms with Gasteiger partial charge in [0.05, 0.1) is 11.0 Å². The number of likely N-dealkylation sites (tertiary alicyclic amines) is 1. The van der Waals surface area contributed by atoms with E-state index in [9.17, 15) is 4.79 Å². The van der Waals surface area contributed by atoms with E-state index in [0.717, 1.165) is 56.6 Å². The summed E-state index contributed by atoms with van der Waals surface area (Å²) in [5, 5.41) is 3.41. The Kier molecular flexibility index (Phi) is 4.63. The van der Waals surface area contributed by atoms with Gasteiger partial charge in [0.25, 0.3) is 0 Å². The molecule has 0 saturated carbocycles. The maximum atomic E-state index is 12.8. The van der Waals surface area contributed by atoms with Crippen LogP contribution >= 0.6 is 0 Å². The lowest BCUT2D eigenvalue weighted by atomic mass is 9.91. The highest BCUT2D eigenvalue weighted by atomic mass is 16.2. The minimum atomic E-state index is 0.195. The highest BCUT2D eigenvalue weighted by Gasteiger charge is 2.23. The van der Waals surface area contributed by atoms with Crippen LogP contribution in [0, 0.1) is 0 Å². The fraction of sp³-hybridized carbons (Fsp3) is 0.579. The van der Waals surface area contributed by atoms with Gasteiger partial charge in [-0.15, -0.1) is 0 Å². The highest BCUT2D eigenvalue weighted by Crippen LogP contribution is 2.31. The topological polar surface area (TPSA) is 50.2 Å². The molecule has 1 N–H and O–H groups in total. The lowest BCUT2D eigenvalue weighted by Crippen LogP contribution is -2.26. The second-order valence-corrected chi connectivity index (χ2v) is 7.04. The molecule has 2 aromatic rings. The third-order valence-electron chi connectivity index (χ3n) is 5.48. The number of carbonyl (C=O) groups is 1. The van der Waals surface area contributed by atoms with Crippen LogP contribution in [0.4, 0.5) is 0 Å². The molecule has 0 spiro atoms. The molecule has 2 aromatic heterocycles. The number of aromatic nitrogens is 2. The van der Waals surface area contributed by atoms with E-state index in [1.165, 1.54) is 18.4 Å². The smallest absolute Gasteiger partial charge is 0.232 e. The average Bonchev–Trinajstić information content (AvgIpc) is 3.28. The Bertz CT molecular complexity index is 711. The highest BCUT2D eigenvalue weighted by molar-refractivity contribution is 5.92. The Hall–Kier alpha value is -1.72. The van der Waals surface area contributed by atoms with Crippen LogP contribution in [0.2, 0.25) is 0 Å². The average molecular weight is 326 g/mol. The van der Waals surface area contributed by atoms with Crippen LogP contribution in [0.3, 0.4) is 0 Å². The van der Waals surface area contributed by atoms with Crippen LogP contribution in [0.1, 0.15) is 48.4 Å².